The van der Waals surface area contributed by atoms with Crippen LogP contribution in [0.4, 0.5) is 11.8 Å². The van der Waals surface area contributed by atoms with Gasteiger partial charge in [-0.25, -0.2) is 15.0 Å². The summed E-state index contributed by atoms with van der Waals surface area (Å²) in [7, 11) is 1.76. The maximum Gasteiger partial charge on any atom is 0.227 e. The average molecular weight is 510 g/mol. The van der Waals surface area contributed by atoms with Gasteiger partial charge in [0, 0.05) is 64.8 Å². The third-order valence-electron chi connectivity index (χ3n) is 4.44. The number of nitrogens with zero attached hydrogens (tertiary/aromatic N) is 6. The summed E-state index contributed by atoms with van der Waals surface area (Å²) in [5.41, 5.74) is 1.06. The first-order chi connectivity index (χ1) is 13.7. The zero-order valence-corrected chi connectivity index (χ0v) is 19.0. The van der Waals surface area contributed by atoms with E-state index in [-0.39, 0.29) is 29.9 Å². The highest BCUT2D eigenvalue weighted by atomic mass is 127. The van der Waals surface area contributed by atoms with Crippen molar-refractivity contribution in [3.05, 3.63) is 42.4 Å². The molecule has 1 saturated heterocycles. The molecule has 0 radical (unpaired) electrons. The Bertz CT molecular complexity index is 792. The Morgan fingerprint density at radius 2 is 1.86 bits per heavy atom. The second-order valence-electron chi connectivity index (χ2n) is 6.52. The number of pyridine rings is 1. The summed E-state index contributed by atoms with van der Waals surface area (Å²) in [5.74, 6) is 2.05. The molecule has 9 nitrogen and oxygen atoms in total. The number of guanidine groups is 1. The Balaban J connectivity index is 0.00000300. The van der Waals surface area contributed by atoms with Crippen LogP contribution in [0.5, 0.6) is 0 Å². The second-order valence-corrected chi connectivity index (χ2v) is 6.52. The van der Waals surface area contributed by atoms with Crippen LogP contribution in [0.25, 0.3) is 0 Å². The highest BCUT2D eigenvalue weighted by molar-refractivity contribution is 14.0. The summed E-state index contributed by atoms with van der Waals surface area (Å²) in [6.07, 6.45) is 5.58. The van der Waals surface area contributed by atoms with Gasteiger partial charge in [-0.05, 0) is 24.6 Å². The largest absolute Gasteiger partial charge is 0.356 e. The molecule has 0 bridgehead atoms. The molecule has 29 heavy (non-hydrogen) atoms. The van der Waals surface area contributed by atoms with Crippen molar-refractivity contribution in [1.82, 2.24) is 25.2 Å². The molecule has 2 N–H and O–H groups in total. The van der Waals surface area contributed by atoms with Crippen molar-refractivity contribution in [3.8, 4) is 0 Å². The maximum absolute atomic E-state index is 12.1. The van der Waals surface area contributed by atoms with Gasteiger partial charge in [-0.1, -0.05) is 6.07 Å². The lowest BCUT2D eigenvalue weighted by atomic mass is 10.3. The Labute approximate surface area is 188 Å². The number of aryl methyl sites for hydroxylation is 1. The number of halogens is 1. The maximum atomic E-state index is 12.1. The van der Waals surface area contributed by atoms with Crippen molar-refractivity contribution < 1.29 is 4.79 Å². The number of nitrogens with one attached hydrogen (secondary N) is 2. The summed E-state index contributed by atoms with van der Waals surface area (Å²) in [5, 5.41) is 6.06. The summed E-state index contributed by atoms with van der Waals surface area (Å²) < 4.78 is 0. The summed E-state index contributed by atoms with van der Waals surface area (Å²) >= 11 is 0. The van der Waals surface area contributed by atoms with Gasteiger partial charge in [-0.3, -0.25) is 9.79 Å². The number of rotatable bonds is 5. The number of hydrogen-bond donors (Lipinski definition) is 2. The normalized spacial score (nSPS) is 14.2. The average Bonchev–Trinajstić information content (AvgIpc) is 2.74. The van der Waals surface area contributed by atoms with Crippen molar-refractivity contribution in [1.29, 1.82) is 0 Å². The van der Waals surface area contributed by atoms with E-state index in [1.54, 1.807) is 31.7 Å². The molecule has 1 aliphatic rings. The fourth-order valence-electron chi connectivity index (χ4n) is 2.94. The number of hydrogen-bond acceptors (Lipinski definition) is 6. The van der Waals surface area contributed by atoms with Crippen molar-refractivity contribution in [2.45, 2.75) is 13.3 Å². The molecule has 0 unspecified atom stereocenters. The van der Waals surface area contributed by atoms with Crippen LogP contribution >= 0.6 is 24.0 Å². The smallest absolute Gasteiger partial charge is 0.227 e. The molecule has 156 valence electrons. The van der Waals surface area contributed by atoms with E-state index in [4.69, 9.17) is 0 Å². The van der Waals surface area contributed by atoms with E-state index in [0.29, 0.717) is 18.8 Å². The van der Waals surface area contributed by atoms with E-state index >= 15 is 0 Å². The number of carbonyl (C=O) groups excluding carboxylic acids is 1. The minimum atomic E-state index is -0.0784. The fourth-order valence-corrected chi connectivity index (χ4v) is 2.94. The molecular weight excluding hydrogens is 483 g/mol. The first kappa shape index (κ1) is 22.8. The Morgan fingerprint density at radius 3 is 2.48 bits per heavy atom. The van der Waals surface area contributed by atoms with Gasteiger partial charge in [-0.2, -0.15) is 0 Å². The molecule has 2 aromatic heterocycles. The van der Waals surface area contributed by atoms with Crippen LogP contribution in [0, 0.1) is 6.92 Å². The Morgan fingerprint density at radius 1 is 1.14 bits per heavy atom. The molecule has 1 aliphatic heterocycles. The monoisotopic (exact) mass is 510 g/mol. The van der Waals surface area contributed by atoms with Gasteiger partial charge in [0.15, 0.2) is 5.96 Å². The predicted octanol–water partition coefficient (Wildman–Crippen LogP) is 1.52. The first-order valence-corrected chi connectivity index (χ1v) is 9.36. The van der Waals surface area contributed by atoms with Crippen molar-refractivity contribution in [2.75, 3.05) is 50.0 Å². The van der Waals surface area contributed by atoms with Crippen LogP contribution < -0.4 is 15.5 Å². The molecule has 0 saturated carbocycles. The van der Waals surface area contributed by atoms with Crippen molar-refractivity contribution in [3.63, 3.8) is 0 Å². The lowest BCUT2D eigenvalue weighted by Gasteiger charge is -2.36. The van der Waals surface area contributed by atoms with Crippen LogP contribution in [-0.4, -0.2) is 71.5 Å². The molecule has 1 fully saturated rings. The number of aliphatic imine (C=N–C) groups is 1. The molecule has 10 heteroatoms. The van der Waals surface area contributed by atoms with E-state index in [1.807, 2.05) is 19.1 Å². The van der Waals surface area contributed by atoms with Gasteiger partial charge in [-0.15, -0.1) is 24.0 Å². The molecule has 0 atom stereocenters. The van der Waals surface area contributed by atoms with E-state index < -0.39 is 0 Å². The van der Waals surface area contributed by atoms with Gasteiger partial charge in [0.25, 0.3) is 0 Å². The number of anilines is 2. The number of piperazine rings is 1. The van der Waals surface area contributed by atoms with E-state index in [1.165, 1.54) is 0 Å². The molecule has 0 aliphatic carbocycles. The van der Waals surface area contributed by atoms with Crippen LogP contribution in [0.2, 0.25) is 0 Å². The van der Waals surface area contributed by atoms with Crippen molar-refractivity contribution >= 4 is 47.6 Å². The number of aromatic nitrogens is 3. The quantitative estimate of drug-likeness (QED) is 0.358. The Kier molecular flexibility index (Phi) is 9.03. The predicted molar refractivity (Wildman–Crippen MR) is 125 cm³/mol. The molecule has 3 rings (SSSR count). The third kappa shape index (κ3) is 6.80. The third-order valence-corrected chi connectivity index (χ3v) is 4.44. The Hall–Kier alpha value is -2.50. The molecule has 1 amide bonds. The summed E-state index contributed by atoms with van der Waals surface area (Å²) in [6.45, 7) is 5.75. The number of carbonyl (C=O) groups is 1. The van der Waals surface area contributed by atoms with Crippen molar-refractivity contribution in [2.24, 2.45) is 4.99 Å². The highest BCUT2D eigenvalue weighted by Crippen LogP contribution is 2.10. The zero-order valence-electron chi connectivity index (χ0n) is 16.7. The standard InChI is InChI=1S/C19H26N8O.HI/c1-15-4-5-16(24-14-15)25-17(28)6-9-23-18(20-2)26-10-12-27(13-11-26)19-21-7-3-8-22-19;/h3-5,7-8,14H,6,9-13H2,1-2H3,(H,20,23)(H,24,25,28);1H. The molecular formula is C19H27IN8O. The van der Waals surface area contributed by atoms with Gasteiger partial charge >= 0.3 is 0 Å². The first-order valence-electron chi connectivity index (χ1n) is 9.36. The number of amides is 1. The summed E-state index contributed by atoms with van der Waals surface area (Å²) in [6, 6.07) is 5.54. The minimum absolute atomic E-state index is 0. The van der Waals surface area contributed by atoms with Gasteiger partial charge in [0.2, 0.25) is 11.9 Å². The van der Waals surface area contributed by atoms with E-state index in [0.717, 1.165) is 43.7 Å². The zero-order chi connectivity index (χ0) is 19.8. The molecule has 0 spiro atoms. The summed E-state index contributed by atoms with van der Waals surface area (Å²) in [4.78, 5) is 33.5. The van der Waals surface area contributed by atoms with Gasteiger partial charge in [0.05, 0.1) is 0 Å². The molecule has 2 aromatic rings. The lowest BCUT2D eigenvalue weighted by Crippen LogP contribution is -2.53. The fraction of sp³-hybridized carbons (Fsp3) is 0.421. The molecule has 3 heterocycles. The highest BCUT2D eigenvalue weighted by Gasteiger charge is 2.21. The van der Waals surface area contributed by atoms with Gasteiger partial charge < -0.3 is 20.4 Å². The van der Waals surface area contributed by atoms with Crippen LogP contribution in [0.3, 0.4) is 0 Å². The molecule has 0 aromatic carbocycles. The van der Waals surface area contributed by atoms with Crippen LogP contribution in [0.15, 0.2) is 41.8 Å². The van der Waals surface area contributed by atoms with Crippen LogP contribution in [0.1, 0.15) is 12.0 Å². The SMILES string of the molecule is CN=C(NCCC(=O)Nc1ccc(C)cn1)N1CCN(c2ncccn2)CC1.I. The van der Waals surface area contributed by atoms with E-state index in [2.05, 4.69) is 40.4 Å². The topological polar surface area (TPSA) is 98.6 Å². The minimum Gasteiger partial charge on any atom is -0.356 e. The lowest BCUT2D eigenvalue weighted by molar-refractivity contribution is -0.116. The van der Waals surface area contributed by atoms with Crippen LogP contribution in [-0.2, 0) is 4.79 Å². The van der Waals surface area contributed by atoms with Gasteiger partial charge in [0.1, 0.15) is 5.82 Å². The second kappa shape index (κ2) is 11.5. The van der Waals surface area contributed by atoms with E-state index in [9.17, 15) is 4.79 Å².